The number of ether oxygens (including phenoxy) is 3. The number of nitrogens with zero attached hydrogens (tertiary/aromatic N) is 2. The molecular weight excluding hydrogens is 488 g/mol. The first-order chi connectivity index (χ1) is 17.9. The summed E-state index contributed by atoms with van der Waals surface area (Å²) in [6, 6.07) is 20.5. The molecule has 1 heterocycles. The molecule has 0 atom stereocenters. The fourth-order valence-corrected chi connectivity index (χ4v) is 4.84. The molecule has 3 aromatic carbocycles. The molecule has 3 aromatic rings. The maximum atomic E-state index is 13.1. The van der Waals surface area contributed by atoms with Crippen molar-refractivity contribution < 1.29 is 23.8 Å². The number of aliphatic imine (C=N–C) groups is 1. The van der Waals surface area contributed by atoms with Crippen molar-refractivity contribution in [3.63, 3.8) is 0 Å². The first-order valence-electron chi connectivity index (χ1n) is 11.8. The normalized spacial score (nSPS) is 15.4. The number of esters is 1. The highest BCUT2D eigenvalue weighted by Crippen LogP contribution is 2.36. The highest BCUT2D eigenvalue weighted by atomic mass is 32.2. The molecule has 1 aliphatic rings. The first-order valence-corrected chi connectivity index (χ1v) is 12.6. The number of amides is 1. The molecule has 1 amide bonds. The quantitative estimate of drug-likeness (QED) is 0.270. The molecule has 0 radical (unpaired) electrons. The Hall–Kier alpha value is -4.04. The van der Waals surface area contributed by atoms with Crippen molar-refractivity contribution in [3.8, 4) is 11.5 Å². The van der Waals surface area contributed by atoms with E-state index in [9.17, 15) is 9.59 Å². The number of thioether (sulfide) groups is 1. The van der Waals surface area contributed by atoms with Crippen LogP contribution in [0.1, 0.15) is 34.0 Å². The van der Waals surface area contributed by atoms with E-state index in [0.29, 0.717) is 46.0 Å². The minimum atomic E-state index is -0.410. The van der Waals surface area contributed by atoms with Gasteiger partial charge in [0.2, 0.25) is 0 Å². The van der Waals surface area contributed by atoms with Crippen molar-refractivity contribution in [2.24, 2.45) is 4.99 Å². The summed E-state index contributed by atoms with van der Waals surface area (Å²) >= 11 is 1.31. The number of hydrogen-bond donors (Lipinski definition) is 0. The summed E-state index contributed by atoms with van der Waals surface area (Å²) in [6.45, 7) is 4.86. The van der Waals surface area contributed by atoms with Crippen LogP contribution >= 0.6 is 11.8 Å². The molecule has 190 valence electrons. The van der Waals surface area contributed by atoms with Crippen LogP contribution in [0.4, 0.5) is 5.69 Å². The number of rotatable bonds is 8. The van der Waals surface area contributed by atoms with Gasteiger partial charge in [-0.25, -0.2) is 9.79 Å². The summed E-state index contributed by atoms with van der Waals surface area (Å²) in [6.07, 6.45) is 1.82. The molecule has 1 saturated heterocycles. The van der Waals surface area contributed by atoms with E-state index < -0.39 is 5.97 Å². The fraction of sp³-hybridized carbons (Fsp3) is 0.207. The Labute approximate surface area is 220 Å². The molecule has 1 fully saturated rings. The standard InChI is InChI=1S/C29H28N2O5S/c1-5-31-27(32)26(37-29(31)30-23-12-10-22(11-13-23)28(33)35-4)17-20-9-14-24(25(16-20)34-3)36-18-21-8-6-7-19(2)15-21/h6-17H,5,18H2,1-4H3/b26-17+,30-29?. The molecule has 1 aliphatic heterocycles. The van der Waals surface area contributed by atoms with Gasteiger partial charge in [0.1, 0.15) is 6.61 Å². The summed E-state index contributed by atoms with van der Waals surface area (Å²) in [5.74, 6) is 0.692. The van der Waals surface area contributed by atoms with Gasteiger partial charge >= 0.3 is 5.97 Å². The third-order valence-electron chi connectivity index (χ3n) is 5.68. The van der Waals surface area contributed by atoms with Crippen LogP contribution in [0.15, 0.2) is 76.6 Å². The van der Waals surface area contributed by atoms with Crippen molar-refractivity contribution in [1.29, 1.82) is 0 Å². The molecule has 0 unspecified atom stereocenters. The van der Waals surface area contributed by atoms with E-state index in [1.165, 1.54) is 24.4 Å². The van der Waals surface area contributed by atoms with Gasteiger partial charge in [0.15, 0.2) is 16.7 Å². The van der Waals surface area contributed by atoms with E-state index in [1.807, 2.05) is 56.3 Å². The fourth-order valence-electron chi connectivity index (χ4n) is 3.78. The van der Waals surface area contributed by atoms with Crippen molar-refractivity contribution in [1.82, 2.24) is 4.90 Å². The predicted molar refractivity (Wildman–Crippen MR) is 146 cm³/mol. The third kappa shape index (κ3) is 6.21. The SMILES string of the molecule is CCN1C(=O)/C(=C\c2ccc(OCc3cccc(C)c3)c(OC)c2)SC1=Nc1ccc(C(=O)OC)cc1. The van der Waals surface area contributed by atoms with Crippen LogP contribution in [0.5, 0.6) is 11.5 Å². The Kier molecular flexibility index (Phi) is 8.30. The molecule has 4 rings (SSSR count). The minimum absolute atomic E-state index is 0.115. The lowest BCUT2D eigenvalue weighted by molar-refractivity contribution is -0.122. The number of benzene rings is 3. The van der Waals surface area contributed by atoms with Crippen LogP contribution in [0.25, 0.3) is 6.08 Å². The number of likely N-dealkylation sites (N-methyl/N-ethyl adjacent to an activating group) is 1. The second-order valence-corrected chi connectivity index (χ2v) is 9.29. The number of carbonyl (C=O) groups is 2. The van der Waals surface area contributed by atoms with E-state index in [-0.39, 0.29) is 5.91 Å². The lowest BCUT2D eigenvalue weighted by atomic mass is 10.1. The zero-order valence-corrected chi connectivity index (χ0v) is 22.0. The number of carbonyl (C=O) groups excluding carboxylic acids is 2. The topological polar surface area (TPSA) is 77.4 Å². The van der Waals surface area contributed by atoms with Gasteiger partial charge in [0.05, 0.1) is 30.4 Å². The van der Waals surface area contributed by atoms with Crippen LogP contribution in [0, 0.1) is 6.92 Å². The molecule has 7 nitrogen and oxygen atoms in total. The van der Waals surface area contributed by atoms with E-state index in [2.05, 4.69) is 11.1 Å². The van der Waals surface area contributed by atoms with Crippen LogP contribution in [0.2, 0.25) is 0 Å². The average Bonchev–Trinajstić information content (AvgIpc) is 3.20. The largest absolute Gasteiger partial charge is 0.493 e. The van der Waals surface area contributed by atoms with E-state index >= 15 is 0 Å². The second-order valence-electron chi connectivity index (χ2n) is 8.28. The molecule has 0 bridgehead atoms. The van der Waals surface area contributed by atoms with Gasteiger partial charge in [-0.3, -0.25) is 9.69 Å². The molecule has 0 spiro atoms. The van der Waals surface area contributed by atoms with E-state index in [0.717, 1.165) is 11.1 Å². The minimum Gasteiger partial charge on any atom is -0.493 e. The zero-order valence-electron chi connectivity index (χ0n) is 21.2. The Morgan fingerprint density at radius 3 is 2.49 bits per heavy atom. The predicted octanol–water partition coefficient (Wildman–Crippen LogP) is 5.99. The molecule has 0 aliphatic carbocycles. The summed E-state index contributed by atoms with van der Waals surface area (Å²) in [5, 5.41) is 0.578. The Balaban J connectivity index is 1.53. The van der Waals surface area contributed by atoms with Gasteiger partial charge in [-0.2, -0.15) is 0 Å². The number of amidine groups is 1. The monoisotopic (exact) mass is 516 g/mol. The lowest BCUT2D eigenvalue weighted by Crippen LogP contribution is -2.28. The highest BCUT2D eigenvalue weighted by Gasteiger charge is 2.32. The maximum Gasteiger partial charge on any atom is 0.337 e. The van der Waals surface area contributed by atoms with Gasteiger partial charge in [-0.1, -0.05) is 35.9 Å². The zero-order chi connectivity index (χ0) is 26.4. The first kappa shape index (κ1) is 26.0. The number of aryl methyl sites for hydroxylation is 1. The van der Waals surface area contributed by atoms with Crippen LogP contribution in [0.3, 0.4) is 0 Å². The van der Waals surface area contributed by atoms with Gasteiger partial charge in [0.25, 0.3) is 5.91 Å². The van der Waals surface area contributed by atoms with Crippen LogP contribution in [-0.4, -0.2) is 42.7 Å². The molecule has 0 aromatic heterocycles. The molecule has 0 saturated carbocycles. The Morgan fingerprint density at radius 2 is 1.81 bits per heavy atom. The average molecular weight is 517 g/mol. The summed E-state index contributed by atoms with van der Waals surface area (Å²) < 4.78 is 16.3. The van der Waals surface area contributed by atoms with Crippen molar-refractivity contribution in [2.75, 3.05) is 20.8 Å². The smallest absolute Gasteiger partial charge is 0.337 e. The van der Waals surface area contributed by atoms with E-state index in [4.69, 9.17) is 14.2 Å². The number of hydrogen-bond acceptors (Lipinski definition) is 7. The maximum absolute atomic E-state index is 13.1. The summed E-state index contributed by atoms with van der Waals surface area (Å²) in [4.78, 5) is 31.6. The van der Waals surface area contributed by atoms with Gasteiger partial charge < -0.3 is 14.2 Å². The van der Waals surface area contributed by atoms with Crippen molar-refractivity contribution >= 4 is 40.6 Å². The van der Waals surface area contributed by atoms with E-state index in [1.54, 1.807) is 36.3 Å². The summed E-state index contributed by atoms with van der Waals surface area (Å²) in [7, 11) is 2.93. The van der Waals surface area contributed by atoms with Crippen molar-refractivity contribution in [2.45, 2.75) is 20.5 Å². The van der Waals surface area contributed by atoms with Crippen molar-refractivity contribution in [3.05, 3.63) is 93.9 Å². The van der Waals surface area contributed by atoms with Gasteiger partial charge in [0, 0.05) is 6.54 Å². The Morgan fingerprint density at radius 1 is 1.03 bits per heavy atom. The Bertz CT molecular complexity index is 1360. The van der Waals surface area contributed by atoms with Crippen LogP contribution < -0.4 is 9.47 Å². The summed E-state index contributed by atoms with van der Waals surface area (Å²) in [5.41, 5.74) is 4.15. The van der Waals surface area contributed by atoms with Gasteiger partial charge in [-0.15, -0.1) is 0 Å². The molecular formula is C29H28N2O5S. The molecule has 8 heteroatoms. The van der Waals surface area contributed by atoms with Crippen LogP contribution in [-0.2, 0) is 16.1 Å². The third-order valence-corrected chi connectivity index (χ3v) is 6.69. The molecule has 37 heavy (non-hydrogen) atoms. The second kappa shape index (κ2) is 11.8. The van der Waals surface area contributed by atoms with Gasteiger partial charge in [-0.05, 0) is 79.2 Å². The lowest BCUT2D eigenvalue weighted by Gasteiger charge is -2.12. The highest BCUT2D eigenvalue weighted by molar-refractivity contribution is 8.18. The number of methoxy groups -OCH3 is 2. The molecule has 0 N–H and O–H groups in total.